The monoisotopic (exact) mass is 226 g/mol. The summed E-state index contributed by atoms with van der Waals surface area (Å²) in [7, 11) is 0. The lowest BCUT2D eigenvalue weighted by Gasteiger charge is -2.18. The number of hydrogen-bond donors (Lipinski definition) is 1. The predicted octanol–water partition coefficient (Wildman–Crippen LogP) is 1.94. The Balaban J connectivity index is 2.04. The van der Waals surface area contributed by atoms with Crippen LogP contribution in [0, 0.1) is 5.92 Å². The van der Waals surface area contributed by atoms with Crippen molar-refractivity contribution in [2.45, 2.75) is 12.8 Å². The molecule has 1 N–H and O–H groups in total. The lowest BCUT2D eigenvalue weighted by Crippen LogP contribution is -2.21. The van der Waals surface area contributed by atoms with Crippen molar-refractivity contribution in [2.75, 3.05) is 24.6 Å². The van der Waals surface area contributed by atoms with Crippen LogP contribution >= 0.6 is 11.6 Å². The highest BCUT2D eigenvalue weighted by Gasteiger charge is 2.24. The third-order valence-corrected chi connectivity index (χ3v) is 3.16. The Labute approximate surface area is 94.7 Å². The molecule has 0 aliphatic carbocycles. The number of anilines is 1. The molecule has 1 saturated heterocycles. The van der Waals surface area contributed by atoms with Gasteiger partial charge in [0.05, 0.1) is 5.02 Å². The first-order valence-electron chi connectivity index (χ1n) is 5.27. The first kappa shape index (κ1) is 10.7. The summed E-state index contributed by atoms with van der Waals surface area (Å²) in [6.07, 6.45) is 3.76. The Bertz CT molecular complexity index is 332. The zero-order valence-electron chi connectivity index (χ0n) is 8.56. The number of aromatic nitrogens is 1. The molecule has 1 aromatic heterocycles. The Morgan fingerprint density at radius 3 is 3.20 bits per heavy atom. The topological polar surface area (TPSA) is 36.4 Å². The fraction of sp³-hybridized carbons (Fsp3) is 0.545. The summed E-state index contributed by atoms with van der Waals surface area (Å²) in [5.74, 6) is 1.45. The van der Waals surface area contributed by atoms with Gasteiger partial charge in [-0.2, -0.15) is 0 Å². The molecule has 0 aromatic carbocycles. The maximum atomic E-state index is 8.88. The molecule has 1 aromatic rings. The Morgan fingerprint density at radius 1 is 1.60 bits per heavy atom. The molecule has 4 heteroatoms. The molecule has 0 amide bonds. The van der Waals surface area contributed by atoms with Gasteiger partial charge in [-0.3, -0.25) is 0 Å². The molecule has 15 heavy (non-hydrogen) atoms. The first-order valence-corrected chi connectivity index (χ1v) is 5.65. The summed E-state index contributed by atoms with van der Waals surface area (Å²) in [5, 5.41) is 9.59. The molecular formula is C11H15ClN2O. The Kier molecular flexibility index (Phi) is 3.44. The van der Waals surface area contributed by atoms with Crippen LogP contribution in [-0.4, -0.2) is 29.8 Å². The van der Waals surface area contributed by atoms with Crippen LogP contribution in [0.5, 0.6) is 0 Å². The van der Waals surface area contributed by atoms with Crippen molar-refractivity contribution in [1.29, 1.82) is 0 Å². The molecule has 0 radical (unpaired) electrons. The molecule has 3 nitrogen and oxygen atoms in total. The highest BCUT2D eigenvalue weighted by atomic mass is 35.5. The summed E-state index contributed by atoms with van der Waals surface area (Å²) in [6, 6.07) is 3.70. The van der Waals surface area contributed by atoms with Gasteiger partial charge in [-0.1, -0.05) is 11.6 Å². The second-order valence-electron chi connectivity index (χ2n) is 3.92. The van der Waals surface area contributed by atoms with Crippen molar-refractivity contribution in [3.8, 4) is 0 Å². The van der Waals surface area contributed by atoms with Gasteiger partial charge >= 0.3 is 0 Å². The number of hydrogen-bond acceptors (Lipinski definition) is 3. The summed E-state index contributed by atoms with van der Waals surface area (Å²) < 4.78 is 0. The van der Waals surface area contributed by atoms with Crippen molar-refractivity contribution in [3.05, 3.63) is 23.4 Å². The van der Waals surface area contributed by atoms with Gasteiger partial charge in [0.25, 0.3) is 0 Å². The SMILES string of the molecule is OCCC1CCN(c2ncccc2Cl)C1. The van der Waals surface area contributed by atoms with E-state index in [2.05, 4.69) is 9.88 Å². The van der Waals surface area contributed by atoms with E-state index in [-0.39, 0.29) is 6.61 Å². The lowest BCUT2D eigenvalue weighted by atomic mass is 10.1. The van der Waals surface area contributed by atoms with Crippen LogP contribution in [0.25, 0.3) is 0 Å². The van der Waals surface area contributed by atoms with Crippen LogP contribution in [0.3, 0.4) is 0 Å². The van der Waals surface area contributed by atoms with E-state index in [4.69, 9.17) is 16.7 Å². The van der Waals surface area contributed by atoms with Crippen LogP contribution in [-0.2, 0) is 0 Å². The van der Waals surface area contributed by atoms with E-state index in [9.17, 15) is 0 Å². The molecular weight excluding hydrogens is 212 g/mol. The van der Waals surface area contributed by atoms with E-state index in [1.807, 2.05) is 12.1 Å². The maximum Gasteiger partial charge on any atom is 0.147 e. The van der Waals surface area contributed by atoms with Gasteiger partial charge in [0.15, 0.2) is 0 Å². The van der Waals surface area contributed by atoms with Gasteiger partial charge in [0.2, 0.25) is 0 Å². The van der Waals surface area contributed by atoms with Crippen LogP contribution in [0.4, 0.5) is 5.82 Å². The number of nitrogens with zero attached hydrogens (tertiary/aromatic N) is 2. The number of halogens is 1. The molecule has 82 valence electrons. The van der Waals surface area contributed by atoms with E-state index in [0.29, 0.717) is 10.9 Å². The van der Waals surface area contributed by atoms with Gasteiger partial charge in [-0.15, -0.1) is 0 Å². The molecule has 1 aliphatic rings. The lowest BCUT2D eigenvalue weighted by molar-refractivity contribution is 0.263. The Hall–Kier alpha value is -0.800. The van der Waals surface area contributed by atoms with Crippen molar-refractivity contribution < 1.29 is 5.11 Å². The minimum absolute atomic E-state index is 0.272. The van der Waals surface area contributed by atoms with Crippen molar-refractivity contribution in [1.82, 2.24) is 4.98 Å². The highest BCUT2D eigenvalue weighted by Crippen LogP contribution is 2.28. The van der Waals surface area contributed by atoms with Crippen LogP contribution in [0.1, 0.15) is 12.8 Å². The van der Waals surface area contributed by atoms with Gasteiger partial charge in [-0.25, -0.2) is 4.98 Å². The fourth-order valence-corrected chi connectivity index (χ4v) is 2.29. The molecule has 1 unspecified atom stereocenters. The van der Waals surface area contributed by atoms with Crippen molar-refractivity contribution >= 4 is 17.4 Å². The second kappa shape index (κ2) is 4.81. The first-order chi connectivity index (χ1) is 7.31. The minimum Gasteiger partial charge on any atom is -0.396 e. The van der Waals surface area contributed by atoms with Gasteiger partial charge in [0.1, 0.15) is 5.82 Å². The minimum atomic E-state index is 0.272. The van der Waals surface area contributed by atoms with E-state index in [1.54, 1.807) is 6.20 Å². The zero-order valence-corrected chi connectivity index (χ0v) is 9.32. The molecule has 0 bridgehead atoms. The van der Waals surface area contributed by atoms with Crippen LogP contribution in [0.15, 0.2) is 18.3 Å². The van der Waals surface area contributed by atoms with Crippen LogP contribution in [0.2, 0.25) is 5.02 Å². The normalized spacial score (nSPS) is 20.9. The van der Waals surface area contributed by atoms with E-state index >= 15 is 0 Å². The summed E-state index contributed by atoms with van der Waals surface area (Å²) in [6.45, 7) is 2.22. The summed E-state index contributed by atoms with van der Waals surface area (Å²) >= 11 is 6.08. The van der Waals surface area contributed by atoms with Gasteiger partial charge in [-0.05, 0) is 30.9 Å². The fourth-order valence-electron chi connectivity index (χ4n) is 2.05. The molecule has 1 aliphatic heterocycles. The molecule has 0 spiro atoms. The molecule has 1 fully saturated rings. The quantitative estimate of drug-likeness (QED) is 0.856. The standard InChI is InChI=1S/C11H15ClN2O/c12-10-2-1-5-13-11(10)14-6-3-9(8-14)4-7-15/h1-2,5,9,15H,3-4,6-8H2. The smallest absolute Gasteiger partial charge is 0.147 e. The average Bonchev–Trinajstić information content (AvgIpc) is 2.68. The number of aliphatic hydroxyl groups excluding tert-OH is 1. The molecule has 1 atom stereocenters. The number of pyridine rings is 1. The van der Waals surface area contributed by atoms with Gasteiger partial charge < -0.3 is 10.0 Å². The summed E-state index contributed by atoms with van der Waals surface area (Å²) in [4.78, 5) is 6.48. The highest BCUT2D eigenvalue weighted by molar-refractivity contribution is 6.32. The van der Waals surface area contributed by atoms with Gasteiger partial charge in [0, 0.05) is 25.9 Å². The summed E-state index contributed by atoms with van der Waals surface area (Å²) in [5.41, 5.74) is 0. The maximum absolute atomic E-state index is 8.88. The third-order valence-electron chi connectivity index (χ3n) is 2.86. The Morgan fingerprint density at radius 2 is 2.47 bits per heavy atom. The molecule has 0 saturated carbocycles. The van der Waals surface area contributed by atoms with Crippen molar-refractivity contribution in [2.24, 2.45) is 5.92 Å². The molecule has 2 heterocycles. The number of rotatable bonds is 3. The van der Waals surface area contributed by atoms with E-state index < -0.39 is 0 Å². The average molecular weight is 227 g/mol. The van der Waals surface area contributed by atoms with Crippen molar-refractivity contribution in [3.63, 3.8) is 0 Å². The number of aliphatic hydroxyl groups is 1. The second-order valence-corrected chi connectivity index (χ2v) is 4.33. The molecule has 2 rings (SSSR count). The van der Waals surface area contributed by atoms with E-state index in [1.165, 1.54) is 0 Å². The van der Waals surface area contributed by atoms with E-state index in [0.717, 1.165) is 31.7 Å². The third kappa shape index (κ3) is 2.41. The van der Waals surface area contributed by atoms with Crippen LogP contribution < -0.4 is 4.90 Å². The predicted molar refractivity (Wildman–Crippen MR) is 61.3 cm³/mol. The largest absolute Gasteiger partial charge is 0.396 e. The zero-order chi connectivity index (χ0) is 10.7.